The first kappa shape index (κ1) is 20.0. The van der Waals surface area contributed by atoms with Crippen molar-refractivity contribution < 1.29 is 9.53 Å². The number of aryl methyl sites for hydroxylation is 1. The lowest BCUT2D eigenvalue weighted by Gasteiger charge is -2.07. The fraction of sp³-hybridized carbons (Fsp3) is 0.435. The highest BCUT2D eigenvalue weighted by Crippen LogP contribution is 2.18. The third-order valence-electron chi connectivity index (χ3n) is 4.63. The molecule has 2 aromatic rings. The molecule has 0 heterocycles. The van der Waals surface area contributed by atoms with E-state index in [0.29, 0.717) is 17.0 Å². The summed E-state index contributed by atoms with van der Waals surface area (Å²) < 4.78 is 5.41. The van der Waals surface area contributed by atoms with Crippen LogP contribution in [0.2, 0.25) is 0 Å². The van der Waals surface area contributed by atoms with E-state index in [4.69, 9.17) is 10.5 Å². The molecule has 0 aliphatic carbocycles. The Kier molecular flexibility index (Phi) is 8.74. The Balaban J connectivity index is 1.69. The van der Waals surface area contributed by atoms with Crippen molar-refractivity contribution in [1.82, 2.24) is 0 Å². The second-order valence-corrected chi connectivity index (χ2v) is 6.85. The van der Waals surface area contributed by atoms with Crippen LogP contribution in [0.5, 0.6) is 5.75 Å². The smallest absolute Gasteiger partial charge is 0.345 e. The van der Waals surface area contributed by atoms with E-state index < -0.39 is 5.97 Å². The number of carbonyl (C=O) groups is 1. The number of esters is 1. The van der Waals surface area contributed by atoms with Crippen LogP contribution in [0.1, 0.15) is 74.2 Å². The third-order valence-corrected chi connectivity index (χ3v) is 4.63. The van der Waals surface area contributed by atoms with Gasteiger partial charge in [-0.15, -0.1) is 0 Å². The number of nitrogens with two attached hydrogens (primary N) is 1. The van der Waals surface area contributed by atoms with E-state index in [-0.39, 0.29) is 0 Å². The number of rotatable bonds is 11. The lowest BCUT2D eigenvalue weighted by molar-refractivity contribution is 0.0736. The first-order valence-corrected chi connectivity index (χ1v) is 9.86. The van der Waals surface area contributed by atoms with Crippen molar-refractivity contribution in [2.24, 2.45) is 0 Å². The predicted molar refractivity (Wildman–Crippen MR) is 109 cm³/mol. The molecule has 0 saturated heterocycles. The quantitative estimate of drug-likeness (QED) is 0.227. The third kappa shape index (κ3) is 6.91. The van der Waals surface area contributed by atoms with Gasteiger partial charge in [-0.05, 0) is 42.7 Å². The van der Waals surface area contributed by atoms with Gasteiger partial charge >= 0.3 is 5.97 Å². The van der Waals surface area contributed by atoms with Crippen molar-refractivity contribution in [2.45, 2.75) is 64.7 Å². The largest absolute Gasteiger partial charge is 0.423 e. The highest BCUT2D eigenvalue weighted by atomic mass is 16.5. The summed E-state index contributed by atoms with van der Waals surface area (Å²) >= 11 is 0. The van der Waals surface area contributed by atoms with E-state index in [9.17, 15) is 4.79 Å². The van der Waals surface area contributed by atoms with E-state index >= 15 is 0 Å². The summed E-state index contributed by atoms with van der Waals surface area (Å²) in [6.45, 7) is 2.25. The fourth-order valence-electron chi connectivity index (χ4n) is 3.03. The van der Waals surface area contributed by atoms with Crippen molar-refractivity contribution in [3.8, 4) is 5.75 Å². The molecule has 0 spiro atoms. The summed E-state index contributed by atoms with van der Waals surface area (Å²) in [5.74, 6) is 0.136. The Bertz CT molecular complexity index is 664. The van der Waals surface area contributed by atoms with Gasteiger partial charge in [0, 0.05) is 5.69 Å². The van der Waals surface area contributed by atoms with Crippen molar-refractivity contribution in [3.05, 3.63) is 59.7 Å². The van der Waals surface area contributed by atoms with Gasteiger partial charge < -0.3 is 10.5 Å². The number of hydrogen-bond acceptors (Lipinski definition) is 3. The molecule has 0 aliphatic heterocycles. The molecule has 2 aromatic carbocycles. The molecule has 2 N–H and O–H groups in total. The maximum Gasteiger partial charge on any atom is 0.345 e. The van der Waals surface area contributed by atoms with Crippen molar-refractivity contribution in [3.63, 3.8) is 0 Å². The minimum absolute atomic E-state index is 0.399. The number of hydrogen-bond donors (Lipinski definition) is 1. The number of anilines is 1. The molecule has 0 amide bonds. The Labute approximate surface area is 157 Å². The Hall–Kier alpha value is -2.29. The van der Waals surface area contributed by atoms with Gasteiger partial charge in [0.25, 0.3) is 0 Å². The Morgan fingerprint density at radius 3 is 2.12 bits per heavy atom. The summed E-state index contributed by atoms with van der Waals surface area (Å²) in [7, 11) is 0. The van der Waals surface area contributed by atoms with E-state index in [1.165, 1.54) is 56.9 Å². The van der Waals surface area contributed by atoms with Gasteiger partial charge in [0.2, 0.25) is 0 Å². The number of unbranched alkanes of at least 4 members (excludes halogenated alkanes) is 7. The van der Waals surface area contributed by atoms with E-state index in [0.717, 1.165) is 6.42 Å². The molecule has 26 heavy (non-hydrogen) atoms. The number of benzene rings is 2. The molecule has 0 aliphatic rings. The number of carbonyl (C=O) groups excluding carboxylic acids is 1. The minimum atomic E-state index is -0.418. The highest BCUT2D eigenvalue weighted by Gasteiger charge is 2.11. The van der Waals surface area contributed by atoms with Gasteiger partial charge in [-0.1, -0.05) is 76.1 Å². The molecular weight excluding hydrogens is 322 g/mol. The van der Waals surface area contributed by atoms with Crippen molar-refractivity contribution >= 4 is 11.7 Å². The maximum absolute atomic E-state index is 12.2. The van der Waals surface area contributed by atoms with Gasteiger partial charge in [-0.25, -0.2) is 4.79 Å². The molecule has 3 nitrogen and oxygen atoms in total. The van der Waals surface area contributed by atoms with E-state index in [2.05, 4.69) is 6.92 Å². The zero-order valence-electron chi connectivity index (χ0n) is 15.9. The van der Waals surface area contributed by atoms with Crippen LogP contribution < -0.4 is 10.5 Å². The summed E-state index contributed by atoms with van der Waals surface area (Å²) in [5, 5.41) is 0. The SMILES string of the molecule is CCCCCCCCCCc1ccc(OC(=O)c2ccccc2N)cc1. The zero-order valence-corrected chi connectivity index (χ0v) is 15.9. The molecule has 140 valence electrons. The topological polar surface area (TPSA) is 52.3 Å². The van der Waals surface area contributed by atoms with E-state index in [1.807, 2.05) is 24.3 Å². The molecule has 0 radical (unpaired) electrons. The molecule has 0 fully saturated rings. The van der Waals surface area contributed by atoms with Crippen molar-refractivity contribution in [2.75, 3.05) is 5.73 Å². The van der Waals surface area contributed by atoms with Gasteiger partial charge in [0.05, 0.1) is 5.56 Å². The van der Waals surface area contributed by atoms with Gasteiger partial charge in [0.1, 0.15) is 5.75 Å². The maximum atomic E-state index is 12.2. The van der Waals surface area contributed by atoms with Crippen LogP contribution in [0.4, 0.5) is 5.69 Å². The lowest BCUT2D eigenvalue weighted by Crippen LogP contribution is -2.10. The molecule has 0 saturated carbocycles. The highest BCUT2D eigenvalue weighted by molar-refractivity contribution is 5.96. The van der Waals surface area contributed by atoms with Gasteiger partial charge in [0.15, 0.2) is 0 Å². The Morgan fingerprint density at radius 1 is 0.846 bits per heavy atom. The summed E-state index contributed by atoms with van der Waals surface area (Å²) in [6, 6.07) is 14.7. The predicted octanol–water partition coefficient (Wildman–Crippen LogP) is 6.17. The van der Waals surface area contributed by atoms with Crippen LogP contribution in [-0.2, 0) is 6.42 Å². The molecule has 0 bridgehead atoms. The Morgan fingerprint density at radius 2 is 1.46 bits per heavy atom. The first-order valence-electron chi connectivity index (χ1n) is 9.86. The molecule has 0 aromatic heterocycles. The van der Waals surface area contributed by atoms with Crippen LogP contribution in [0.25, 0.3) is 0 Å². The molecule has 0 atom stereocenters. The monoisotopic (exact) mass is 353 g/mol. The molecular formula is C23H31NO2. The summed E-state index contributed by atoms with van der Waals surface area (Å²) in [4.78, 5) is 12.2. The van der Waals surface area contributed by atoms with Gasteiger partial charge in [-0.2, -0.15) is 0 Å². The van der Waals surface area contributed by atoms with Crippen LogP contribution in [0.3, 0.4) is 0 Å². The van der Waals surface area contributed by atoms with Gasteiger partial charge in [-0.3, -0.25) is 0 Å². The fourth-order valence-corrected chi connectivity index (χ4v) is 3.03. The van der Waals surface area contributed by atoms with Crippen LogP contribution >= 0.6 is 0 Å². The normalized spacial score (nSPS) is 10.7. The first-order chi connectivity index (χ1) is 12.7. The molecule has 3 heteroatoms. The second-order valence-electron chi connectivity index (χ2n) is 6.85. The van der Waals surface area contributed by atoms with Crippen LogP contribution in [-0.4, -0.2) is 5.97 Å². The summed E-state index contributed by atoms with van der Waals surface area (Å²) in [5.41, 5.74) is 7.93. The number of nitrogen functional groups attached to an aromatic ring is 1. The number of para-hydroxylation sites is 1. The average molecular weight is 354 g/mol. The molecule has 0 unspecified atom stereocenters. The number of ether oxygens (including phenoxy) is 1. The van der Waals surface area contributed by atoms with Crippen LogP contribution in [0.15, 0.2) is 48.5 Å². The van der Waals surface area contributed by atoms with E-state index in [1.54, 1.807) is 24.3 Å². The van der Waals surface area contributed by atoms with Crippen molar-refractivity contribution in [1.29, 1.82) is 0 Å². The average Bonchev–Trinajstić information content (AvgIpc) is 2.65. The zero-order chi connectivity index (χ0) is 18.6. The lowest BCUT2D eigenvalue weighted by atomic mass is 10.0. The molecule has 2 rings (SSSR count). The summed E-state index contributed by atoms with van der Waals surface area (Å²) in [6.07, 6.45) is 11.7. The van der Waals surface area contributed by atoms with Crippen LogP contribution in [0, 0.1) is 0 Å². The standard InChI is InChI=1S/C23H31NO2/c1-2-3-4-5-6-7-8-9-12-19-15-17-20(18-16-19)26-23(25)21-13-10-11-14-22(21)24/h10-11,13-18H,2-9,12,24H2,1H3. The second kappa shape index (κ2) is 11.3. The minimum Gasteiger partial charge on any atom is -0.423 e.